The van der Waals surface area contributed by atoms with Crippen LogP contribution < -0.4 is 10.6 Å². The van der Waals surface area contributed by atoms with Gasteiger partial charge in [0.15, 0.2) is 0 Å². The maximum Gasteiger partial charge on any atom is 0.246 e. The van der Waals surface area contributed by atoms with E-state index < -0.39 is 29.6 Å². The van der Waals surface area contributed by atoms with Crippen LogP contribution in [0.1, 0.15) is 38.5 Å². The molecule has 5 aliphatic rings. The van der Waals surface area contributed by atoms with Crippen LogP contribution in [0.15, 0.2) is 30.4 Å². The van der Waals surface area contributed by atoms with Crippen LogP contribution in [0, 0.1) is 11.8 Å². The van der Waals surface area contributed by atoms with Gasteiger partial charge in [0.2, 0.25) is 17.7 Å². The molecule has 1 aromatic carbocycles. The summed E-state index contributed by atoms with van der Waals surface area (Å²) in [6.45, 7) is 5.32. The Balaban J connectivity index is 1.23. The van der Waals surface area contributed by atoms with E-state index in [1.807, 2.05) is 12.2 Å². The van der Waals surface area contributed by atoms with E-state index in [0.717, 1.165) is 64.8 Å². The summed E-state index contributed by atoms with van der Waals surface area (Å²) in [5.41, 5.74) is -0.711. The van der Waals surface area contributed by atoms with Crippen molar-refractivity contribution in [3.63, 3.8) is 0 Å². The van der Waals surface area contributed by atoms with Gasteiger partial charge in [0, 0.05) is 54.5 Å². The number of benzene rings is 1. The zero-order valence-electron chi connectivity index (χ0n) is 23.5. The summed E-state index contributed by atoms with van der Waals surface area (Å²) >= 11 is 12.3. The topological polar surface area (TPSA) is 94.2 Å². The highest BCUT2D eigenvalue weighted by atomic mass is 35.5. The first-order valence-corrected chi connectivity index (χ1v) is 15.7. The normalized spacial score (nSPS) is 32.0. The molecule has 3 saturated heterocycles. The second-order valence-corrected chi connectivity index (χ2v) is 13.1. The van der Waals surface area contributed by atoms with Gasteiger partial charge in [0.05, 0.1) is 17.9 Å². The summed E-state index contributed by atoms with van der Waals surface area (Å²) in [6.07, 6.45) is 9.11. The molecule has 11 heteroatoms. The Kier molecular flexibility index (Phi) is 8.35. The van der Waals surface area contributed by atoms with E-state index in [1.165, 1.54) is 6.42 Å². The highest BCUT2D eigenvalue weighted by Crippen LogP contribution is 2.55. The number of nitrogens with zero attached hydrogens (tertiary/aromatic N) is 3. The number of rotatable bonds is 8. The molecule has 0 aromatic heterocycles. The number of fused-ring (bicyclic) bond motifs is 1. The molecule has 3 amide bonds. The van der Waals surface area contributed by atoms with E-state index in [2.05, 4.69) is 27.5 Å². The molecule has 4 aliphatic heterocycles. The van der Waals surface area contributed by atoms with Gasteiger partial charge in [-0.2, -0.15) is 0 Å². The number of piperazine rings is 1. The van der Waals surface area contributed by atoms with Crippen LogP contribution in [0.2, 0.25) is 10.0 Å². The minimum atomic E-state index is -1.16. The number of hydrogen-bond donors (Lipinski definition) is 2. The lowest BCUT2D eigenvalue weighted by atomic mass is 9.74. The number of halogens is 2. The summed E-state index contributed by atoms with van der Waals surface area (Å²) in [5.74, 6) is -2.26. The number of carbonyl (C=O) groups is 3. The molecular formula is C30H39Cl2N5O4. The van der Waals surface area contributed by atoms with Crippen LogP contribution >= 0.6 is 23.2 Å². The standard InChI is InChI=1S/C30H39Cl2N5O4/c1-35-12-14-36(15-13-35)10-5-11-37-26(28(39)33-21-6-3-2-4-7-21)30-9-8-23(41-30)24(25(30)29(37)40)27(38)34-22-17-19(31)16-20(32)18-22/h8-9,16-18,21,23-26H,2-7,10-15H2,1H3,(H,33,39)(H,34,38)/t23-,24?,25-,26?,30?/m0/s1. The molecule has 5 atom stereocenters. The van der Waals surface area contributed by atoms with Crippen molar-refractivity contribution in [1.29, 1.82) is 0 Å². The first-order valence-electron chi connectivity index (χ1n) is 14.9. The largest absolute Gasteiger partial charge is 0.359 e. The minimum Gasteiger partial charge on any atom is -0.359 e. The van der Waals surface area contributed by atoms with Crippen molar-refractivity contribution in [2.24, 2.45) is 11.8 Å². The Morgan fingerprint density at radius 1 is 1.00 bits per heavy atom. The van der Waals surface area contributed by atoms with Crippen LogP contribution in [0.4, 0.5) is 5.69 Å². The fraction of sp³-hybridized carbons (Fsp3) is 0.633. The molecule has 4 heterocycles. The van der Waals surface area contributed by atoms with Crippen LogP contribution in [-0.4, -0.2) is 103 Å². The molecule has 2 N–H and O–H groups in total. The van der Waals surface area contributed by atoms with Crippen molar-refractivity contribution >= 4 is 46.6 Å². The van der Waals surface area contributed by atoms with Gasteiger partial charge in [0.1, 0.15) is 11.6 Å². The third-order valence-electron chi connectivity index (χ3n) is 9.48. The molecular weight excluding hydrogens is 565 g/mol. The molecule has 6 rings (SSSR count). The number of ether oxygens (including phenoxy) is 1. The SMILES string of the molecule is CN1CCN(CCCN2C(=O)[C@@H]3C(C(=O)Nc4cc(Cl)cc(Cl)c4)[C@@H]4C=CC3(O4)C2C(=O)NC2CCCCC2)CC1. The van der Waals surface area contributed by atoms with E-state index in [9.17, 15) is 14.4 Å². The van der Waals surface area contributed by atoms with Crippen LogP contribution in [0.25, 0.3) is 0 Å². The molecule has 2 bridgehead atoms. The molecule has 9 nitrogen and oxygen atoms in total. The molecule has 1 saturated carbocycles. The average molecular weight is 605 g/mol. The van der Waals surface area contributed by atoms with Crippen molar-refractivity contribution in [1.82, 2.24) is 20.0 Å². The van der Waals surface area contributed by atoms with Gasteiger partial charge in [-0.25, -0.2) is 0 Å². The van der Waals surface area contributed by atoms with E-state index in [4.69, 9.17) is 27.9 Å². The van der Waals surface area contributed by atoms with Crippen molar-refractivity contribution in [3.8, 4) is 0 Å². The molecule has 4 fully saturated rings. The Hall–Kier alpha value is -2.17. The van der Waals surface area contributed by atoms with Crippen molar-refractivity contribution in [2.45, 2.75) is 62.3 Å². The second kappa shape index (κ2) is 11.8. The molecule has 1 spiro atoms. The van der Waals surface area contributed by atoms with E-state index in [1.54, 1.807) is 23.1 Å². The fourth-order valence-corrected chi connectivity index (χ4v) is 7.95. The van der Waals surface area contributed by atoms with Crippen LogP contribution in [0.3, 0.4) is 0 Å². The maximum atomic E-state index is 14.2. The lowest BCUT2D eigenvalue weighted by Gasteiger charge is -2.35. The van der Waals surface area contributed by atoms with E-state index >= 15 is 0 Å². The number of nitrogens with one attached hydrogen (secondary N) is 2. The molecule has 41 heavy (non-hydrogen) atoms. The smallest absolute Gasteiger partial charge is 0.246 e. The van der Waals surface area contributed by atoms with E-state index in [-0.39, 0.29) is 23.8 Å². The average Bonchev–Trinajstić information content (AvgIpc) is 3.57. The van der Waals surface area contributed by atoms with Gasteiger partial charge < -0.3 is 30.1 Å². The van der Waals surface area contributed by atoms with Gasteiger partial charge >= 0.3 is 0 Å². The highest BCUT2D eigenvalue weighted by molar-refractivity contribution is 6.35. The summed E-state index contributed by atoms with van der Waals surface area (Å²) in [4.78, 5) is 48.2. The molecule has 1 aromatic rings. The first kappa shape index (κ1) is 28.9. The van der Waals surface area contributed by atoms with Crippen LogP contribution in [0.5, 0.6) is 0 Å². The molecule has 222 valence electrons. The van der Waals surface area contributed by atoms with Gasteiger partial charge in [-0.05, 0) is 51.1 Å². The zero-order valence-corrected chi connectivity index (χ0v) is 25.0. The lowest BCUT2D eigenvalue weighted by molar-refractivity contribution is -0.141. The summed E-state index contributed by atoms with van der Waals surface area (Å²) in [7, 11) is 2.13. The van der Waals surface area contributed by atoms with Crippen molar-refractivity contribution in [2.75, 3.05) is 51.6 Å². The number of carbonyl (C=O) groups excluding carboxylic acids is 3. The van der Waals surface area contributed by atoms with Gasteiger partial charge in [0.25, 0.3) is 0 Å². The number of likely N-dealkylation sites (tertiary alicyclic amines) is 1. The number of anilines is 1. The first-order chi connectivity index (χ1) is 19.7. The Labute approximate surface area is 251 Å². The zero-order chi connectivity index (χ0) is 28.7. The summed E-state index contributed by atoms with van der Waals surface area (Å²) in [6, 6.07) is 4.11. The van der Waals surface area contributed by atoms with Crippen molar-refractivity contribution < 1.29 is 19.1 Å². The number of likely N-dealkylation sites (N-methyl/N-ethyl adjacent to an activating group) is 1. The number of amides is 3. The highest BCUT2D eigenvalue weighted by Gasteiger charge is 2.72. The predicted molar refractivity (Wildman–Crippen MR) is 158 cm³/mol. The van der Waals surface area contributed by atoms with Gasteiger partial charge in [-0.3, -0.25) is 14.4 Å². The summed E-state index contributed by atoms with van der Waals surface area (Å²) < 4.78 is 6.47. The number of hydrogen-bond acceptors (Lipinski definition) is 6. The molecule has 1 aliphatic carbocycles. The minimum absolute atomic E-state index is 0.100. The quantitative estimate of drug-likeness (QED) is 0.443. The lowest BCUT2D eigenvalue weighted by Crippen LogP contribution is -2.56. The maximum absolute atomic E-state index is 14.2. The third kappa shape index (κ3) is 5.64. The fourth-order valence-electron chi connectivity index (χ4n) is 7.42. The van der Waals surface area contributed by atoms with Crippen LogP contribution in [-0.2, 0) is 19.1 Å². The Bertz CT molecular complexity index is 1200. The molecule has 0 radical (unpaired) electrons. The predicted octanol–water partition coefficient (Wildman–Crippen LogP) is 3.17. The summed E-state index contributed by atoms with van der Waals surface area (Å²) in [5, 5.41) is 6.94. The Morgan fingerprint density at radius 2 is 1.71 bits per heavy atom. The Morgan fingerprint density at radius 3 is 2.41 bits per heavy atom. The van der Waals surface area contributed by atoms with Crippen molar-refractivity contribution in [3.05, 3.63) is 40.4 Å². The molecule has 3 unspecified atom stereocenters. The van der Waals surface area contributed by atoms with E-state index in [0.29, 0.717) is 22.3 Å². The third-order valence-corrected chi connectivity index (χ3v) is 9.91. The second-order valence-electron chi connectivity index (χ2n) is 12.2. The van der Waals surface area contributed by atoms with Gasteiger partial charge in [-0.15, -0.1) is 0 Å². The monoisotopic (exact) mass is 603 g/mol. The van der Waals surface area contributed by atoms with Gasteiger partial charge in [-0.1, -0.05) is 54.6 Å².